The van der Waals surface area contributed by atoms with Crippen LogP contribution in [-0.2, 0) is 0 Å². The zero-order valence-electron chi connectivity index (χ0n) is 7.91. The van der Waals surface area contributed by atoms with Crippen LogP contribution < -0.4 is 5.73 Å². The van der Waals surface area contributed by atoms with Crippen molar-refractivity contribution in [2.45, 2.75) is 13.0 Å². The van der Waals surface area contributed by atoms with Gasteiger partial charge in [-0.1, -0.05) is 12.1 Å². The average molecular weight is 164 g/mol. The second-order valence-electron chi connectivity index (χ2n) is 3.31. The second-order valence-corrected chi connectivity index (χ2v) is 3.31. The van der Waals surface area contributed by atoms with Crippen LogP contribution in [0.3, 0.4) is 0 Å². The van der Waals surface area contributed by atoms with Gasteiger partial charge in [-0.2, -0.15) is 0 Å². The molecule has 0 amide bonds. The zero-order valence-corrected chi connectivity index (χ0v) is 7.91. The Hall–Kier alpha value is -1.02. The minimum absolute atomic E-state index is 0.425. The van der Waals surface area contributed by atoms with E-state index in [2.05, 4.69) is 32.0 Å². The van der Waals surface area contributed by atoms with Crippen LogP contribution in [-0.4, -0.2) is 19.0 Å². The van der Waals surface area contributed by atoms with Gasteiger partial charge in [-0.3, -0.25) is 0 Å². The summed E-state index contributed by atoms with van der Waals surface area (Å²) in [6.07, 6.45) is 0. The van der Waals surface area contributed by atoms with Gasteiger partial charge in [-0.05, 0) is 38.7 Å². The van der Waals surface area contributed by atoms with Crippen LogP contribution in [0, 0.1) is 0 Å². The third-order valence-electron chi connectivity index (χ3n) is 2.17. The second kappa shape index (κ2) is 3.59. The number of anilines is 1. The number of hydrogen-bond donors (Lipinski definition) is 1. The van der Waals surface area contributed by atoms with Crippen molar-refractivity contribution < 1.29 is 0 Å². The van der Waals surface area contributed by atoms with Crippen LogP contribution in [0.4, 0.5) is 5.69 Å². The van der Waals surface area contributed by atoms with Gasteiger partial charge in [0.2, 0.25) is 0 Å². The first-order chi connectivity index (χ1) is 5.61. The standard InChI is InChI=1S/C10H16N2/c1-8(12(2)3)9-5-4-6-10(11)7-9/h4-8H,11H2,1-3H3/t8-/m1/s1. The summed E-state index contributed by atoms with van der Waals surface area (Å²) in [7, 11) is 4.13. The van der Waals surface area contributed by atoms with Gasteiger partial charge >= 0.3 is 0 Å². The molecule has 0 unspecified atom stereocenters. The highest BCUT2D eigenvalue weighted by atomic mass is 15.1. The molecule has 0 spiro atoms. The Labute approximate surface area is 74.0 Å². The predicted octanol–water partition coefficient (Wildman–Crippen LogP) is 1.89. The van der Waals surface area contributed by atoms with Crippen molar-refractivity contribution in [2.75, 3.05) is 19.8 Å². The monoisotopic (exact) mass is 164 g/mol. The fourth-order valence-electron chi connectivity index (χ4n) is 1.12. The highest BCUT2D eigenvalue weighted by Gasteiger charge is 2.06. The number of hydrogen-bond acceptors (Lipinski definition) is 2. The first-order valence-corrected chi connectivity index (χ1v) is 4.13. The molecule has 0 fully saturated rings. The van der Waals surface area contributed by atoms with Gasteiger partial charge in [0.15, 0.2) is 0 Å². The van der Waals surface area contributed by atoms with Crippen molar-refractivity contribution in [3.8, 4) is 0 Å². The van der Waals surface area contributed by atoms with Crippen LogP contribution in [0.5, 0.6) is 0 Å². The Bertz CT molecular complexity index is 256. The van der Waals surface area contributed by atoms with Gasteiger partial charge in [-0.25, -0.2) is 0 Å². The molecule has 66 valence electrons. The molecular formula is C10H16N2. The first-order valence-electron chi connectivity index (χ1n) is 4.13. The minimum Gasteiger partial charge on any atom is -0.399 e. The van der Waals surface area contributed by atoms with Crippen LogP contribution in [0.2, 0.25) is 0 Å². The van der Waals surface area contributed by atoms with Crippen molar-refractivity contribution in [3.05, 3.63) is 29.8 Å². The number of nitrogens with zero attached hydrogens (tertiary/aromatic N) is 1. The molecule has 0 saturated carbocycles. The minimum atomic E-state index is 0.425. The molecule has 0 radical (unpaired) electrons. The van der Waals surface area contributed by atoms with E-state index in [0.29, 0.717) is 6.04 Å². The van der Waals surface area contributed by atoms with Crippen molar-refractivity contribution in [2.24, 2.45) is 0 Å². The maximum absolute atomic E-state index is 5.68. The summed E-state index contributed by atoms with van der Waals surface area (Å²) in [5.74, 6) is 0. The molecule has 0 aliphatic heterocycles. The highest BCUT2D eigenvalue weighted by Crippen LogP contribution is 2.18. The Morgan fingerprint density at radius 1 is 1.33 bits per heavy atom. The summed E-state index contributed by atoms with van der Waals surface area (Å²) in [5, 5.41) is 0. The van der Waals surface area contributed by atoms with E-state index in [4.69, 9.17) is 5.73 Å². The molecule has 2 nitrogen and oxygen atoms in total. The number of nitrogen functional groups attached to an aromatic ring is 1. The molecule has 1 aromatic rings. The molecule has 0 aliphatic carbocycles. The van der Waals surface area contributed by atoms with Crippen LogP contribution in [0.25, 0.3) is 0 Å². The van der Waals surface area contributed by atoms with Crippen molar-refractivity contribution >= 4 is 5.69 Å². The largest absolute Gasteiger partial charge is 0.399 e. The maximum atomic E-state index is 5.68. The third kappa shape index (κ3) is 1.98. The molecule has 2 heteroatoms. The van der Waals surface area contributed by atoms with Crippen LogP contribution in [0.1, 0.15) is 18.5 Å². The van der Waals surface area contributed by atoms with Gasteiger partial charge in [0, 0.05) is 11.7 Å². The van der Waals surface area contributed by atoms with Crippen molar-refractivity contribution in [3.63, 3.8) is 0 Å². The summed E-state index contributed by atoms with van der Waals surface area (Å²) in [5.41, 5.74) is 7.78. The van der Waals surface area contributed by atoms with Gasteiger partial charge < -0.3 is 10.6 Å². The Morgan fingerprint density at radius 3 is 2.50 bits per heavy atom. The van der Waals surface area contributed by atoms with Gasteiger partial charge in [-0.15, -0.1) is 0 Å². The molecule has 0 bridgehead atoms. The summed E-state index contributed by atoms with van der Waals surface area (Å²) in [6.45, 7) is 2.16. The topological polar surface area (TPSA) is 29.3 Å². The van der Waals surface area contributed by atoms with E-state index in [1.54, 1.807) is 0 Å². The molecule has 1 rings (SSSR count). The normalized spacial score (nSPS) is 13.3. The quantitative estimate of drug-likeness (QED) is 0.676. The number of rotatable bonds is 2. The smallest absolute Gasteiger partial charge is 0.0317 e. The molecule has 12 heavy (non-hydrogen) atoms. The lowest BCUT2D eigenvalue weighted by atomic mass is 10.1. The SMILES string of the molecule is C[C@H](c1cccc(N)c1)N(C)C. The van der Waals surface area contributed by atoms with Gasteiger partial charge in [0.05, 0.1) is 0 Å². The van der Waals surface area contributed by atoms with Crippen LogP contribution in [0.15, 0.2) is 24.3 Å². The summed E-state index contributed by atoms with van der Waals surface area (Å²) in [6, 6.07) is 8.44. The van der Waals surface area contributed by atoms with Gasteiger partial charge in [0.25, 0.3) is 0 Å². The molecule has 1 aromatic carbocycles. The van der Waals surface area contributed by atoms with E-state index in [-0.39, 0.29) is 0 Å². The van der Waals surface area contributed by atoms with E-state index in [0.717, 1.165) is 5.69 Å². The molecule has 0 saturated heterocycles. The zero-order chi connectivity index (χ0) is 9.14. The predicted molar refractivity (Wildman–Crippen MR) is 53.0 cm³/mol. The van der Waals surface area contributed by atoms with Crippen LogP contribution >= 0.6 is 0 Å². The highest BCUT2D eigenvalue weighted by molar-refractivity contribution is 5.41. The van der Waals surface area contributed by atoms with E-state index < -0.39 is 0 Å². The first kappa shape index (κ1) is 9.07. The fraction of sp³-hybridized carbons (Fsp3) is 0.400. The van der Waals surface area contributed by atoms with E-state index in [1.807, 2.05) is 18.2 Å². The van der Waals surface area contributed by atoms with E-state index in [1.165, 1.54) is 5.56 Å². The molecule has 2 N–H and O–H groups in total. The number of nitrogens with two attached hydrogens (primary N) is 1. The van der Waals surface area contributed by atoms with Crippen molar-refractivity contribution in [1.82, 2.24) is 4.90 Å². The molecule has 1 atom stereocenters. The molecule has 0 aliphatic rings. The summed E-state index contributed by atoms with van der Waals surface area (Å²) in [4.78, 5) is 2.16. The number of benzene rings is 1. The average Bonchev–Trinajstić information content (AvgIpc) is 2.03. The lowest BCUT2D eigenvalue weighted by Gasteiger charge is -2.20. The van der Waals surface area contributed by atoms with E-state index >= 15 is 0 Å². The molecule has 0 aromatic heterocycles. The van der Waals surface area contributed by atoms with Gasteiger partial charge in [0.1, 0.15) is 0 Å². The van der Waals surface area contributed by atoms with Crippen molar-refractivity contribution in [1.29, 1.82) is 0 Å². The van der Waals surface area contributed by atoms with E-state index in [9.17, 15) is 0 Å². The Morgan fingerprint density at radius 2 is 2.00 bits per heavy atom. The lowest BCUT2D eigenvalue weighted by molar-refractivity contribution is 0.321. The fourth-order valence-corrected chi connectivity index (χ4v) is 1.12. The molecular weight excluding hydrogens is 148 g/mol. The third-order valence-corrected chi connectivity index (χ3v) is 2.17. The molecule has 0 heterocycles. The summed E-state index contributed by atoms with van der Waals surface area (Å²) < 4.78 is 0. The Balaban J connectivity index is 2.88. The Kier molecular flexibility index (Phi) is 2.71. The maximum Gasteiger partial charge on any atom is 0.0317 e. The lowest BCUT2D eigenvalue weighted by Crippen LogP contribution is -2.16. The summed E-state index contributed by atoms with van der Waals surface area (Å²) >= 11 is 0.